The molecule has 1 aliphatic rings. The van der Waals surface area contributed by atoms with E-state index in [1.165, 1.54) is 0 Å². The van der Waals surface area contributed by atoms with E-state index in [1.54, 1.807) is 6.26 Å². The third-order valence-corrected chi connectivity index (χ3v) is 2.71. The molecule has 0 unspecified atom stereocenters. The Morgan fingerprint density at radius 1 is 1.33 bits per heavy atom. The first kappa shape index (κ1) is 8.65. The minimum absolute atomic E-state index is 0.168. The summed E-state index contributed by atoms with van der Waals surface area (Å²) in [6.07, 6.45) is 2.80. The summed E-state index contributed by atoms with van der Waals surface area (Å²) >= 11 is 0. The first-order valence-electron chi connectivity index (χ1n) is 5.18. The summed E-state index contributed by atoms with van der Waals surface area (Å²) in [5.74, 6) is 1.63. The lowest BCUT2D eigenvalue weighted by Crippen LogP contribution is -2.28. The Kier molecular flexibility index (Phi) is 1.84. The average molecular weight is 204 g/mol. The summed E-state index contributed by atoms with van der Waals surface area (Å²) in [6, 6.07) is 5.72. The van der Waals surface area contributed by atoms with E-state index in [2.05, 4.69) is 6.92 Å². The van der Waals surface area contributed by atoms with Gasteiger partial charge in [0.05, 0.1) is 11.6 Å². The monoisotopic (exact) mass is 204 g/mol. The molecule has 0 amide bonds. The van der Waals surface area contributed by atoms with Crippen LogP contribution in [0.3, 0.4) is 0 Å². The van der Waals surface area contributed by atoms with Gasteiger partial charge in [-0.25, -0.2) is 0 Å². The van der Waals surface area contributed by atoms with E-state index in [1.807, 2.05) is 18.2 Å². The molecule has 0 N–H and O–H groups in total. The highest BCUT2D eigenvalue weighted by Gasteiger charge is 2.22. The van der Waals surface area contributed by atoms with Crippen LogP contribution in [-0.2, 0) is 0 Å². The molecule has 0 spiro atoms. The van der Waals surface area contributed by atoms with E-state index >= 15 is 0 Å². The van der Waals surface area contributed by atoms with Crippen molar-refractivity contribution in [3.05, 3.63) is 24.5 Å². The first-order valence-corrected chi connectivity index (χ1v) is 5.18. The van der Waals surface area contributed by atoms with Gasteiger partial charge in [-0.3, -0.25) is 0 Å². The number of ether oxygens (including phenoxy) is 2. The number of hydrogen-bond donors (Lipinski definition) is 0. The summed E-state index contributed by atoms with van der Waals surface area (Å²) in [5.41, 5.74) is 0.840. The first-order chi connectivity index (χ1) is 7.38. The fourth-order valence-electron chi connectivity index (χ4n) is 1.83. The Bertz CT molecular complexity index is 487. The predicted octanol–water partition coefficient (Wildman–Crippen LogP) is 2.98. The molecule has 3 heteroatoms. The third kappa shape index (κ3) is 1.27. The van der Waals surface area contributed by atoms with Crippen molar-refractivity contribution in [2.75, 3.05) is 6.61 Å². The molecule has 1 aromatic carbocycles. The Hall–Kier alpha value is -1.64. The van der Waals surface area contributed by atoms with Crippen molar-refractivity contribution in [2.45, 2.75) is 19.4 Å². The molecule has 0 bridgehead atoms. The van der Waals surface area contributed by atoms with Crippen LogP contribution in [0.2, 0.25) is 0 Å². The standard InChI is InChI=1S/C12H12O3/c1-2-8-7-14-12-9-5-6-13-10(9)3-4-11(12)15-8/h3-6,8H,2,7H2,1H3/t8-/m0/s1. The van der Waals surface area contributed by atoms with Gasteiger partial charge >= 0.3 is 0 Å². The Labute approximate surface area is 87.6 Å². The Morgan fingerprint density at radius 2 is 2.27 bits per heavy atom. The van der Waals surface area contributed by atoms with Crippen LogP contribution in [0.5, 0.6) is 11.5 Å². The molecule has 0 saturated heterocycles. The van der Waals surface area contributed by atoms with Crippen molar-refractivity contribution in [1.29, 1.82) is 0 Å². The van der Waals surface area contributed by atoms with Crippen LogP contribution in [-0.4, -0.2) is 12.7 Å². The zero-order valence-corrected chi connectivity index (χ0v) is 8.53. The molecule has 15 heavy (non-hydrogen) atoms. The normalized spacial score (nSPS) is 19.4. The van der Waals surface area contributed by atoms with E-state index in [4.69, 9.17) is 13.9 Å². The summed E-state index contributed by atoms with van der Waals surface area (Å²) in [7, 11) is 0. The van der Waals surface area contributed by atoms with Crippen LogP contribution in [0.4, 0.5) is 0 Å². The van der Waals surface area contributed by atoms with Crippen molar-refractivity contribution in [3.8, 4) is 11.5 Å². The quantitative estimate of drug-likeness (QED) is 0.715. The largest absolute Gasteiger partial charge is 0.485 e. The molecular weight excluding hydrogens is 192 g/mol. The predicted molar refractivity (Wildman–Crippen MR) is 56.4 cm³/mol. The Balaban J connectivity index is 2.12. The number of furan rings is 1. The maximum absolute atomic E-state index is 5.79. The van der Waals surface area contributed by atoms with Crippen molar-refractivity contribution >= 4 is 11.0 Å². The maximum Gasteiger partial charge on any atom is 0.172 e. The van der Waals surface area contributed by atoms with E-state index < -0.39 is 0 Å². The lowest BCUT2D eigenvalue weighted by atomic mass is 10.2. The van der Waals surface area contributed by atoms with Gasteiger partial charge < -0.3 is 13.9 Å². The molecule has 0 fully saturated rings. The lowest BCUT2D eigenvalue weighted by molar-refractivity contribution is 0.0900. The molecule has 3 nitrogen and oxygen atoms in total. The molecule has 0 radical (unpaired) electrons. The van der Waals surface area contributed by atoms with E-state index in [-0.39, 0.29) is 6.10 Å². The van der Waals surface area contributed by atoms with Crippen LogP contribution >= 0.6 is 0 Å². The van der Waals surface area contributed by atoms with Crippen LogP contribution in [0.25, 0.3) is 11.0 Å². The van der Waals surface area contributed by atoms with Gasteiger partial charge in [0.1, 0.15) is 18.3 Å². The summed E-state index contributed by atoms with van der Waals surface area (Å²) < 4.78 is 16.8. The van der Waals surface area contributed by atoms with Crippen LogP contribution in [0.15, 0.2) is 28.9 Å². The zero-order chi connectivity index (χ0) is 10.3. The number of benzene rings is 1. The van der Waals surface area contributed by atoms with Gasteiger partial charge in [0, 0.05) is 0 Å². The average Bonchev–Trinajstić information content (AvgIpc) is 2.76. The van der Waals surface area contributed by atoms with Crippen molar-refractivity contribution in [1.82, 2.24) is 0 Å². The van der Waals surface area contributed by atoms with Gasteiger partial charge in [-0.2, -0.15) is 0 Å². The molecular formula is C12H12O3. The molecule has 1 aliphatic heterocycles. The molecule has 0 aliphatic carbocycles. The molecule has 1 aromatic heterocycles. The van der Waals surface area contributed by atoms with Crippen LogP contribution in [0.1, 0.15) is 13.3 Å². The SMILES string of the molecule is CC[C@H]1COc2c(ccc3occc23)O1. The van der Waals surface area contributed by atoms with Gasteiger partial charge in [0.2, 0.25) is 0 Å². The molecule has 0 saturated carbocycles. The smallest absolute Gasteiger partial charge is 0.172 e. The molecule has 3 rings (SSSR count). The second-order valence-electron chi connectivity index (χ2n) is 3.68. The van der Waals surface area contributed by atoms with Gasteiger partial charge in [-0.15, -0.1) is 0 Å². The zero-order valence-electron chi connectivity index (χ0n) is 8.53. The summed E-state index contributed by atoms with van der Waals surface area (Å²) in [5, 5.41) is 0.988. The van der Waals surface area contributed by atoms with E-state index in [0.29, 0.717) is 6.61 Å². The maximum atomic E-state index is 5.79. The van der Waals surface area contributed by atoms with Crippen molar-refractivity contribution < 1.29 is 13.9 Å². The van der Waals surface area contributed by atoms with Gasteiger partial charge in [-0.05, 0) is 24.6 Å². The second kappa shape index (κ2) is 3.19. The number of hydrogen-bond acceptors (Lipinski definition) is 3. The van der Waals surface area contributed by atoms with Crippen molar-refractivity contribution in [3.63, 3.8) is 0 Å². The second-order valence-corrected chi connectivity index (χ2v) is 3.68. The fourth-order valence-corrected chi connectivity index (χ4v) is 1.83. The summed E-state index contributed by atoms with van der Waals surface area (Å²) in [4.78, 5) is 0. The minimum atomic E-state index is 0.168. The molecule has 2 aromatic rings. The van der Waals surface area contributed by atoms with Gasteiger partial charge in [-0.1, -0.05) is 6.92 Å². The van der Waals surface area contributed by atoms with Crippen LogP contribution < -0.4 is 9.47 Å². The number of fused-ring (bicyclic) bond motifs is 3. The third-order valence-electron chi connectivity index (χ3n) is 2.71. The van der Waals surface area contributed by atoms with E-state index in [0.717, 1.165) is 28.9 Å². The van der Waals surface area contributed by atoms with E-state index in [9.17, 15) is 0 Å². The topological polar surface area (TPSA) is 31.6 Å². The lowest BCUT2D eigenvalue weighted by Gasteiger charge is -2.25. The molecule has 78 valence electrons. The minimum Gasteiger partial charge on any atom is -0.485 e. The summed E-state index contributed by atoms with van der Waals surface area (Å²) in [6.45, 7) is 2.71. The molecule has 2 heterocycles. The van der Waals surface area contributed by atoms with Crippen molar-refractivity contribution in [2.24, 2.45) is 0 Å². The highest BCUT2D eigenvalue weighted by atomic mass is 16.6. The fraction of sp³-hybridized carbons (Fsp3) is 0.333. The number of rotatable bonds is 1. The van der Waals surface area contributed by atoms with Gasteiger partial charge in [0.15, 0.2) is 11.5 Å². The Morgan fingerprint density at radius 3 is 3.13 bits per heavy atom. The van der Waals surface area contributed by atoms with Crippen LogP contribution in [0, 0.1) is 0 Å². The van der Waals surface area contributed by atoms with Gasteiger partial charge in [0.25, 0.3) is 0 Å². The highest BCUT2D eigenvalue weighted by Crippen LogP contribution is 2.39. The highest BCUT2D eigenvalue weighted by molar-refractivity contribution is 5.87. The molecule has 1 atom stereocenters.